The lowest BCUT2D eigenvalue weighted by Gasteiger charge is -2.24. The van der Waals surface area contributed by atoms with Crippen molar-refractivity contribution >= 4 is 40.3 Å². The van der Waals surface area contributed by atoms with Gasteiger partial charge in [0, 0.05) is 36.0 Å². The molecular weight excluding hydrogens is 326 g/mol. The second-order valence-electron chi connectivity index (χ2n) is 5.31. The summed E-state index contributed by atoms with van der Waals surface area (Å²) in [6.45, 7) is 6.87. The molecule has 122 valence electrons. The third-order valence-electron chi connectivity index (χ3n) is 3.53. The highest BCUT2D eigenvalue weighted by atomic mass is 35.5. The lowest BCUT2D eigenvalue weighted by molar-refractivity contribution is 0.779. The first kappa shape index (κ1) is 17.6. The third kappa shape index (κ3) is 5.73. The molecular formula is C18H22ClN3S. The van der Waals surface area contributed by atoms with E-state index in [1.54, 1.807) is 0 Å². The zero-order valence-electron chi connectivity index (χ0n) is 13.5. The summed E-state index contributed by atoms with van der Waals surface area (Å²) in [7, 11) is 0. The van der Waals surface area contributed by atoms with E-state index >= 15 is 0 Å². The van der Waals surface area contributed by atoms with Crippen LogP contribution in [-0.4, -0.2) is 24.7 Å². The van der Waals surface area contributed by atoms with Crippen molar-refractivity contribution in [3.63, 3.8) is 0 Å². The zero-order valence-corrected chi connectivity index (χ0v) is 15.0. The predicted octanol–water partition coefficient (Wildman–Crippen LogP) is 4.46. The van der Waals surface area contributed by atoms with E-state index in [-0.39, 0.29) is 0 Å². The Morgan fingerprint density at radius 2 is 1.91 bits per heavy atom. The van der Waals surface area contributed by atoms with Crippen molar-refractivity contribution in [2.75, 3.05) is 29.9 Å². The maximum atomic E-state index is 5.96. The number of anilines is 2. The van der Waals surface area contributed by atoms with Gasteiger partial charge in [-0.1, -0.05) is 35.4 Å². The van der Waals surface area contributed by atoms with E-state index < -0.39 is 0 Å². The SMILES string of the molecule is CCN(CCNC(=S)Nc1cccc(Cl)c1)c1ccc(C)cc1. The van der Waals surface area contributed by atoms with Crippen LogP contribution in [0.3, 0.4) is 0 Å². The van der Waals surface area contributed by atoms with Crippen LogP contribution in [0.1, 0.15) is 12.5 Å². The molecule has 3 nitrogen and oxygen atoms in total. The van der Waals surface area contributed by atoms with Crippen LogP contribution in [0.25, 0.3) is 0 Å². The maximum Gasteiger partial charge on any atom is 0.170 e. The van der Waals surface area contributed by atoms with Crippen molar-refractivity contribution in [2.24, 2.45) is 0 Å². The molecule has 2 aromatic carbocycles. The molecule has 0 aromatic heterocycles. The smallest absolute Gasteiger partial charge is 0.170 e. The molecule has 0 radical (unpaired) electrons. The fraction of sp³-hybridized carbons (Fsp3) is 0.278. The van der Waals surface area contributed by atoms with Gasteiger partial charge in [0.2, 0.25) is 0 Å². The average Bonchev–Trinajstić information content (AvgIpc) is 2.53. The van der Waals surface area contributed by atoms with Crippen LogP contribution in [0.2, 0.25) is 5.02 Å². The number of hydrogen-bond donors (Lipinski definition) is 2. The Bertz CT molecular complexity index is 643. The van der Waals surface area contributed by atoms with Gasteiger partial charge in [0.15, 0.2) is 5.11 Å². The van der Waals surface area contributed by atoms with Crippen LogP contribution in [-0.2, 0) is 0 Å². The van der Waals surface area contributed by atoms with Gasteiger partial charge >= 0.3 is 0 Å². The molecule has 2 rings (SSSR count). The number of halogens is 1. The monoisotopic (exact) mass is 347 g/mol. The van der Waals surface area contributed by atoms with E-state index in [9.17, 15) is 0 Å². The fourth-order valence-electron chi connectivity index (χ4n) is 2.27. The van der Waals surface area contributed by atoms with Gasteiger partial charge in [-0.05, 0) is 56.4 Å². The highest BCUT2D eigenvalue weighted by Gasteiger charge is 2.04. The summed E-state index contributed by atoms with van der Waals surface area (Å²) in [5.41, 5.74) is 3.39. The van der Waals surface area contributed by atoms with E-state index in [0.717, 1.165) is 25.3 Å². The van der Waals surface area contributed by atoms with Crippen molar-refractivity contribution in [3.8, 4) is 0 Å². The van der Waals surface area contributed by atoms with Crippen molar-refractivity contribution in [1.29, 1.82) is 0 Å². The van der Waals surface area contributed by atoms with Crippen molar-refractivity contribution < 1.29 is 0 Å². The summed E-state index contributed by atoms with van der Waals surface area (Å²) in [5.74, 6) is 0. The van der Waals surface area contributed by atoms with E-state index in [1.807, 2.05) is 24.3 Å². The van der Waals surface area contributed by atoms with E-state index in [2.05, 4.69) is 53.6 Å². The first-order valence-corrected chi connectivity index (χ1v) is 8.49. The van der Waals surface area contributed by atoms with E-state index in [1.165, 1.54) is 11.3 Å². The highest BCUT2D eigenvalue weighted by Crippen LogP contribution is 2.15. The molecule has 0 aliphatic carbocycles. The van der Waals surface area contributed by atoms with Gasteiger partial charge in [0.25, 0.3) is 0 Å². The second-order valence-corrected chi connectivity index (χ2v) is 6.15. The standard InChI is InChI=1S/C18H22ClN3S/c1-3-22(17-9-7-14(2)8-10-17)12-11-20-18(23)21-16-6-4-5-15(19)13-16/h4-10,13H,3,11-12H2,1-2H3,(H2,20,21,23). The van der Waals surface area contributed by atoms with Gasteiger partial charge in [-0.2, -0.15) is 0 Å². The van der Waals surface area contributed by atoms with E-state index in [4.69, 9.17) is 23.8 Å². The summed E-state index contributed by atoms with van der Waals surface area (Å²) in [6.07, 6.45) is 0. The van der Waals surface area contributed by atoms with Gasteiger partial charge in [-0.3, -0.25) is 0 Å². The zero-order chi connectivity index (χ0) is 16.7. The number of nitrogens with one attached hydrogen (secondary N) is 2. The van der Waals surface area contributed by atoms with Gasteiger partial charge in [0.05, 0.1) is 0 Å². The third-order valence-corrected chi connectivity index (χ3v) is 4.01. The normalized spacial score (nSPS) is 10.2. The van der Waals surface area contributed by atoms with Crippen molar-refractivity contribution in [3.05, 3.63) is 59.1 Å². The molecule has 0 saturated carbocycles. The Morgan fingerprint density at radius 1 is 1.17 bits per heavy atom. The summed E-state index contributed by atoms with van der Waals surface area (Å²) in [6, 6.07) is 16.1. The molecule has 0 unspecified atom stereocenters. The molecule has 0 atom stereocenters. The molecule has 0 aliphatic heterocycles. The van der Waals surface area contributed by atoms with Crippen molar-refractivity contribution in [1.82, 2.24) is 5.32 Å². The summed E-state index contributed by atoms with van der Waals surface area (Å²) >= 11 is 11.3. The maximum absolute atomic E-state index is 5.96. The number of likely N-dealkylation sites (N-methyl/N-ethyl adjacent to an activating group) is 1. The molecule has 5 heteroatoms. The number of hydrogen-bond acceptors (Lipinski definition) is 2. The molecule has 0 heterocycles. The first-order valence-electron chi connectivity index (χ1n) is 7.70. The molecule has 2 N–H and O–H groups in total. The molecule has 23 heavy (non-hydrogen) atoms. The second kappa shape index (κ2) is 8.75. The Morgan fingerprint density at radius 3 is 2.57 bits per heavy atom. The number of benzene rings is 2. The average molecular weight is 348 g/mol. The molecule has 0 spiro atoms. The first-order chi connectivity index (χ1) is 11.1. The molecule has 0 saturated heterocycles. The van der Waals surface area contributed by atoms with Crippen LogP contribution in [0.15, 0.2) is 48.5 Å². The van der Waals surface area contributed by atoms with Gasteiger partial charge in [0.1, 0.15) is 0 Å². The lowest BCUT2D eigenvalue weighted by atomic mass is 10.2. The van der Waals surface area contributed by atoms with Crippen LogP contribution in [0.5, 0.6) is 0 Å². The quantitative estimate of drug-likeness (QED) is 0.754. The molecule has 0 aliphatic rings. The topological polar surface area (TPSA) is 27.3 Å². The Hall–Kier alpha value is -1.78. The fourth-order valence-corrected chi connectivity index (χ4v) is 2.68. The Kier molecular flexibility index (Phi) is 6.68. The molecule has 0 amide bonds. The molecule has 2 aromatic rings. The Balaban J connectivity index is 1.80. The van der Waals surface area contributed by atoms with Gasteiger partial charge < -0.3 is 15.5 Å². The van der Waals surface area contributed by atoms with Crippen LogP contribution in [0, 0.1) is 6.92 Å². The molecule has 0 fully saturated rings. The van der Waals surface area contributed by atoms with Gasteiger partial charge in [-0.15, -0.1) is 0 Å². The summed E-state index contributed by atoms with van der Waals surface area (Å²) < 4.78 is 0. The number of nitrogens with zero attached hydrogens (tertiary/aromatic N) is 1. The largest absolute Gasteiger partial charge is 0.370 e. The number of thiocarbonyl (C=S) groups is 1. The minimum absolute atomic E-state index is 0.604. The van der Waals surface area contributed by atoms with Crippen LogP contribution in [0.4, 0.5) is 11.4 Å². The summed E-state index contributed by atoms with van der Waals surface area (Å²) in [4.78, 5) is 2.31. The highest BCUT2D eigenvalue weighted by molar-refractivity contribution is 7.80. The predicted molar refractivity (Wildman–Crippen MR) is 105 cm³/mol. The summed E-state index contributed by atoms with van der Waals surface area (Å²) in [5, 5.41) is 7.66. The minimum atomic E-state index is 0.604. The van der Waals surface area contributed by atoms with Crippen LogP contribution >= 0.6 is 23.8 Å². The van der Waals surface area contributed by atoms with E-state index in [0.29, 0.717) is 10.1 Å². The van der Waals surface area contributed by atoms with Crippen molar-refractivity contribution in [2.45, 2.75) is 13.8 Å². The minimum Gasteiger partial charge on any atom is -0.370 e. The number of rotatable bonds is 6. The lowest BCUT2D eigenvalue weighted by Crippen LogP contribution is -2.36. The van der Waals surface area contributed by atoms with Crippen LogP contribution < -0.4 is 15.5 Å². The van der Waals surface area contributed by atoms with Gasteiger partial charge in [-0.25, -0.2) is 0 Å². The molecule has 0 bridgehead atoms. The Labute approximate surface area is 148 Å². The number of aryl methyl sites for hydroxylation is 1.